The van der Waals surface area contributed by atoms with E-state index in [1.807, 2.05) is 0 Å². The molecule has 0 amide bonds. The molecule has 1 aromatic rings. The lowest BCUT2D eigenvalue weighted by atomic mass is 10.1. The first-order chi connectivity index (χ1) is 7.54. The Labute approximate surface area is 91.3 Å². The van der Waals surface area contributed by atoms with Gasteiger partial charge < -0.3 is 15.3 Å². The van der Waals surface area contributed by atoms with Gasteiger partial charge in [-0.1, -0.05) is 12.2 Å². The molecule has 84 valence electrons. The van der Waals surface area contributed by atoms with Gasteiger partial charge in [-0.3, -0.25) is 0 Å². The summed E-state index contributed by atoms with van der Waals surface area (Å²) in [6.45, 7) is -0.195. The number of carbonyl (C=O) groups is 2. The minimum Gasteiger partial charge on any atom is -0.478 e. The molecular weight excluding hydrogens is 212 g/mol. The maximum atomic E-state index is 10.7. The van der Waals surface area contributed by atoms with Crippen molar-refractivity contribution >= 4 is 18.0 Å². The van der Waals surface area contributed by atoms with Gasteiger partial charge >= 0.3 is 11.9 Å². The van der Waals surface area contributed by atoms with E-state index >= 15 is 0 Å². The Balaban J connectivity index is 3.24. The van der Waals surface area contributed by atoms with E-state index in [2.05, 4.69) is 0 Å². The number of carboxylic acid groups (broad SMARTS) is 2. The largest absolute Gasteiger partial charge is 0.478 e. The molecule has 3 N–H and O–H groups in total. The summed E-state index contributed by atoms with van der Waals surface area (Å²) < 4.78 is 0. The van der Waals surface area contributed by atoms with Gasteiger partial charge in [0.25, 0.3) is 0 Å². The molecule has 0 aliphatic heterocycles. The van der Waals surface area contributed by atoms with Crippen molar-refractivity contribution in [3.63, 3.8) is 0 Å². The van der Waals surface area contributed by atoms with E-state index < -0.39 is 11.9 Å². The van der Waals surface area contributed by atoms with Crippen LogP contribution in [0, 0.1) is 0 Å². The third-order valence-electron chi connectivity index (χ3n) is 1.86. The fourth-order valence-corrected chi connectivity index (χ4v) is 1.18. The van der Waals surface area contributed by atoms with Crippen molar-refractivity contribution in [2.24, 2.45) is 0 Å². The van der Waals surface area contributed by atoms with E-state index in [0.29, 0.717) is 5.56 Å². The molecule has 0 saturated carbocycles. The monoisotopic (exact) mass is 222 g/mol. The predicted molar refractivity (Wildman–Crippen MR) is 56.5 cm³/mol. The van der Waals surface area contributed by atoms with Crippen LogP contribution >= 0.6 is 0 Å². The van der Waals surface area contributed by atoms with Crippen LogP contribution in [0.1, 0.15) is 26.3 Å². The number of rotatable bonds is 4. The second-order valence-electron chi connectivity index (χ2n) is 3.04. The lowest BCUT2D eigenvalue weighted by Gasteiger charge is -2.01. The Bertz CT molecular complexity index is 415. The van der Waals surface area contributed by atoms with Crippen LogP contribution in [0.25, 0.3) is 6.08 Å². The smallest absolute Gasteiger partial charge is 0.335 e. The van der Waals surface area contributed by atoms with Gasteiger partial charge in [-0.2, -0.15) is 0 Å². The van der Waals surface area contributed by atoms with Gasteiger partial charge in [0.1, 0.15) is 0 Å². The van der Waals surface area contributed by atoms with E-state index in [9.17, 15) is 9.59 Å². The molecule has 0 atom stereocenters. The van der Waals surface area contributed by atoms with E-state index in [-0.39, 0.29) is 17.7 Å². The molecule has 0 heterocycles. The summed E-state index contributed by atoms with van der Waals surface area (Å²) in [4.78, 5) is 21.5. The summed E-state index contributed by atoms with van der Waals surface area (Å²) in [5.74, 6) is -2.39. The molecule has 1 aromatic carbocycles. The zero-order chi connectivity index (χ0) is 12.1. The molecule has 0 bridgehead atoms. The van der Waals surface area contributed by atoms with Crippen LogP contribution < -0.4 is 0 Å². The van der Waals surface area contributed by atoms with Gasteiger partial charge in [-0.15, -0.1) is 0 Å². The first kappa shape index (κ1) is 11.9. The average Bonchev–Trinajstić information content (AvgIpc) is 2.25. The molecule has 0 aliphatic rings. The molecule has 0 unspecified atom stereocenters. The van der Waals surface area contributed by atoms with Crippen LogP contribution in [0.4, 0.5) is 0 Å². The highest BCUT2D eigenvalue weighted by atomic mass is 16.4. The number of benzene rings is 1. The van der Waals surface area contributed by atoms with Crippen molar-refractivity contribution in [3.05, 3.63) is 41.0 Å². The van der Waals surface area contributed by atoms with Crippen LogP contribution in [0.3, 0.4) is 0 Å². The van der Waals surface area contributed by atoms with Crippen LogP contribution in [0.2, 0.25) is 0 Å². The van der Waals surface area contributed by atoms with Gasteiger partial charge in [0.15, 0.2) is 0 Å². The molecule has 0 fully saturated rings. The third kappa shape index (κ3) is 2.93. The highest BCUT2D eigenvalue weighted by Gasteiger charge is 2.09. The highest BCUT2D eigenvalue weighted by molar-refractivity contribution is 5.94. The van der Waals surface area contributed by atoms with Crippen molar-refractivity contribution < 1.29 is 24.9 Å². The molecular formula is C11H10O5. The molecule has 0 aliphatic carbocycles. The minimum atomic E-state index is -1.19. The number of carboxylic acids is 2. The molecule has 16 heavy (non-hydrogen) atoms. The molecule has 0 spiro atoms. The Hall–Kier alpha value is -2.14. The standard InChI is InChI=1S/C11H10O5/c12-3-1-2-7-4-8(10(13)14)6-9(5-7)11(15)16/h1-2,4-6,12H,3H2,(H,13,14)(H,15,16). The van der Waals surface area contributed by atoms with E-state index in [1.165, 1.54) is 24.3 Å². The zero-order valence-corrected chi connectivity index (χ0v) is 8.25. The molecule has 0 radical (unpaired) electrons. The lowest BCUT2D eigenvalue weighted by molar-refractivity contribution is 0.0696. The molecule has 0 saturated heterocycles. The Morgan fingerprint density at radius 2 is 1.56 bits per heavy atom. The molecule has 5 heteroatoms. The van der Waals surface area contributed by atoms with Crippen molar-refractivity contribution in [2.75, 3.05) is 6.61 Å². The molecule has 1 rings (SSSR count). The van der Waals surface area contributed by atoms with Crippen LogP contribution in [-0.2, 0) is 0 Å². The van der Waals surface area contributed by atoms with Crippen LogP contribution in [-0.4, -0.2) is 33.9 Å². The second-order valence-corrected chi connectivity index (χ2v) is 3.04. The predicted octanol–water partition coefficient (Wildman–Crippen LogP) is 1.09. The molecule has 5 nitrogen and oxygen atoms in total. The summed E-state index contributed by atoms with van der Waals surface area (Å²) in [6, 6.07) is 3.75. The third-order valence-corrected chi connectivity index (χ3v) is 1.86. The van der Waals surface area contributed by atoms with Gasteiger partial charge in [0.2, 0.25) is 0 Å². The summed E-state index contributed by atoms with van der Waals surface area (Å²) in [5, 5.41) is 26.1. The highest BCUT2D eigenvalue weighted by Crippen LogP contribution is 2.12. The fraction of sp³-hybridized carbons (Fsp3) is 0.0909. The van der Waals surface area contributed by atoms with E-state index in [4.69, 9.17) is 15.3 Å². The lowest BCUT2D eigenvalue weighted by Crippen LogP contribution is -2.02. The normalized spacial score (nSPS) is 10.6. The zero-order valence-electron chi connectivity index (χ0n) is 8.25. The number of hydrogen-bond acceptors (Lipinski definition) is 3. The first-order valence-corrected chi connectivity index (χ1v) is 4.43. The van der Waals surface area contributed by atoms with Crippen molar-refractivity contribution in [3.8, 4) is 0 Å². The van der Waals surface area contributed by atoms with Crippen molar-refractivity contribution in [1.29, 1.82) is 0 Å². The van der Waals surface area contributed by atoms with Gasteiger partial charge in [0.05, 0.1) is 17.7 Å². The molecule has 0 aromatic heterocycles. The van der Waals surface area contributed by atoms with Gasteiger partial charge in [-0.25, -0.2) is 9.59 Å². The Kier molecular flexibility index (Phi) is 3.79. The SMILES string of the molecule is O=C(O)c1cc(C=CCO)cc(C(=O)O)c1. The number of aliphatic hydroxyl groups is 1. The maximum Gasteiger partial charge on any atom is 0.335 e. The summed E-state index contributed by atoms with van der Waals surface area (Å²) >= 11 is 0. The number of hydrogen-bond donors (Lipinski definition) is 3. The second kappa shape index (κ2) is 5.09. The number of aliphatic hydroxyl groups excluding tert-OH is 1. The maximum absolute atomic E-state index is 10.7. The minimum absolute atomic E-state index is 0.0995. The summed E-state index contributed by atoms with van der Waals surface area (Å²) in [5.41, 5.74) is 0.223. The van der Waals surface area contributed by atoms with Crippen molar-refractivity contribution in [2.45, 2.75) is 0 Å². The topological polar surface area (TPSA) is 94.8 Å². The van der Waals surface area contributed by atoms with Gasteiger partial charge in [0, 0.05) is 0 Å². The average molecular weight is 222 g/mol. The quantitative estimate of drug-likeness (QED) is 0.708. The van der Waals surface area contributed by atoms with Crippen molar-refractivity contribution in [1.82, 2.24) is 0 Å². The fourth-order valence-electron chi connectivity index (χ4n) is 1.18. The van der Waals surface area contributed by atoms with Gasteiger partial charge in [-0.05, 0) is 23.8 Å². The van der Waals surface area contributed by atoms with E-state index in [1.54, 1.807) is 0 Å². The Morgan fingerprint density at radius 3 is 1.94 bits per heavy atom. The Morgan fingerprint density at radius 1 is 1.06 bits per heavy atom. The number of aromatic carboxylic acids is 2. The van der Waals surface area contributed by atoms with Crippen LogP contribution in [0.15, 0.2) is 24.3 Å². The van der Waals surface area contributed by atoms with E-state index in [0.717, 1.165) is 6.07 Å². The summed E-state index contributed by atoms with van der Waals surface area (Å²) in [7, 11) is 0. The van der Waals surface area contributed by atoms with Crippen LogP contribution in [0.5, 0.6) is 0 Å². The summed E-state index contributed by atoms with van der Waals surface area (Å²) in [6.07, 6.45) is 2.85. The first-order valence-electron chi connectivity index (χ1n) is 4.43.